The number of amides is 2. The van der Waals surface area contributed by atoms with E-state index in [4.69, 9.17) is 9.47 Å². The van der Waals surface area contributed by atoms with Gasteiger partial charge in [-0.3, -0.25) is 9.59 Å². The average molecular weight is 402 g/mol. The monoisotopic (exact) mass is 402 g/mol. The minimum absolute atomic E-state index is 0.147. The number of rotatable bonds is 5. The predicted molar refractivity (Wildman–Crippen MR) is 114 cm³/mol. The van der Waals surface area contributed by atoms with Crippen LogP contribution in [0.3, 0.4) is 0 Å². The molecule has 0 bridgehead atoms. The number of nitrogens with zero attached hydrogens (tertiary/aromatic N) is 1. The van der Waals surface area contributed by atoms with Crippen molar-refractivity contribution in [3.05, 3.63) is 90.0 Å². The smallest absolute Gasteiger partial charge is 0.262 e. The third-order valence-corrected chi connectivity index (χ3v) is 4.91. The van der Waals surface area contributed by atoms with Crippen LogP contribution in [0, 0.1) is 0 Å². The number of para-hydroxylation sites is 3. The lowest BCUT2D eigenvalue weighted by atomic mass is 10.1. The van der Waals surface area contributed by atoms with Crippen molar-refractivity contribution < 1.29 is 19.1 Å². The number of ether oxygens (including phenoxy) is 2. The summed E-state index contributed by atoms with van der Waals surface area (Å²) in [5, 5.41) is 2.58. The second-order valence-electron chi connectivity index (χ2n) is 6.90. The molecule has 3 aromatic rings. The molecule has 152 valence electrons. The molecule has 1 heterocycles. The van der Waals surface area contributed by atoms with Crippen LogP contribution in [0.2, 0.25) is 0 Å². The summed E-state index contributed by atoms with van der Waals surface area (Å²) in [5.41, 5.74) is 2.14. The Balaban J connectivity index is 1.51. The summed E-state index contributed by atoms with van der Waals surface area (Å²) < 4.78 is 11.5. The van der Waals surface area contributed by atoms with Gasteiger partial charge in [0.2, 0.25) is 0 Å². The first kappa shape index (κ1) is 19.5. The van der Waals surface area contributed by atoms with Gasteiger partial charge in [0.15, 0.2) is 6.10 Å². The van der Waals surface area contributed by atoms with Crippen LogP contribution in [-0.2, 0) is 11.4 Å². The third kappa shape index (κ3) is 4.12. The standard InChI is InChI=1S/C24H22N2O4/c1-25-23(27)22-15-26(20-9-5-6-10-21(20)30-22)24(28)18-13-11-17(12-14-18)16-29-19-7-3-2-4-8-19/h2-14,22H,15-16H2,1H3,(H,25,27)/t22-/m0/s1. The van der Waals surface area contributed by atoms with E-state index in [1.165, 1.54) is 0 Å². The molecule has 0 aromatic heterocycles. The van der Waals surface area contributed by atoms with Crippen molar-refractivity contribution in [1.29, 1.82) is 0 Å². The van der Waals surface area contributed by atoms with Gasteiger partial charge < -0.3 is 19.7 Å². The summed E-state index contributed by atoms with van der Waals surface area (Å²) >= 11 is 0. The number of carbonyl (C=O) groups excluding carboxylic acids is 2. The van der Waals surface area contributed by atoms with E-state index in [-0.39, 0.29) is 18.4 Å². The van der Waals surface area contributed by atoms with E-state index in [0.717, 1.165) is 11.3 Å². The average Bonchev–Trinajstić information content (AvgIpc) is 2.82. The number of hydrogen-bond donors (Lipinski definition) is 1. The Kier molecular flexibility index (Phi) is 5.66. The van der Waals surface area contributed by atoms with Crippen LogP contribution in [-0.4, -0.2) is 31.5 Å². The fourth-order valence-electron chi connectivity index (χ4n) is 3.31. The lowest BCUT2D eigenvalue weighted by Gasteiger charge is -2.34. The van der Waals surface area contributed by atoms with Crippen molar-refractivity contribution in [3.63, 3.8) is 0 Å². The van der Waals surface area contributed by atoms with Crippen LogP contribution in [0.25, 0.3) is 0 Å². The van der Waals surface area contributed by atoms with E-state index in [0.29, 0.717) is 23.6 Å². The van der Waals surface area contributed by atoms with Crippen LogP contribution in [0.1, 0.15) is 15.9 Å². The van der Waals surface area contributed by atoms with Gasteiger partial charge in [-0.15, -0.1) is 0 Å². The van der Waals surface area contributed by atoms with E-state index in [1.807, 2.05) is 60.7 Å². The highest BCUT2D eigenvalue weighted by Crippen LogP contribution is 2.34. The first-order valence-electron chi connectivity index (χ1n) is 9.71. The first-order valence-corrected chi connectivity index (χ1v) is 9.71. The van der Waals surface area contributed by atoms with E-state index in [1.54, 1.807) is 30.1 Å². The number of hydrogen-bond acceptors (Lipinski definition) is 4. The lowest BCUT2D eigenvalue weighted by molar-refractivity contribution is -0.127. The van der Waals surface area contributed by atoms with Crippen LogP contribution in [0.15, 0.2) is 78.9 Å². The van der Waals surface area contributed by atoms with Crippen LogP contribution >= 0.6 is 0 Å². The maximum absolute atomic E-state index is 13.2. The second kappa shape index (κ2) is 8.69. The molecule has 0 unspecified atom stereocenters. The Labute approximate surface area is 175 Å². The number of benzene rings is 3. The molecule has 0 radical (unpaired) electrons. The van der Waals surface area contributed by atoms with Crippen molar-refractivity contribution in [2.45, 2.75) is 12.7 Å². The van der Waals surface area contributed by atoms with Gasteiger partial charge in [0.25, 0.3) is 11.8 Å². The number of anilines is 1. The summed E-state index contributed by atoms with van der Waals surface area (Å²) in [6.45, 7) is 0.562. The molecular weight excluding hydrogens is 380 g/mol. The maximum atomic E-state index is 13.2. The molecule has 1 aliphatic heterocycles. The molecule has 6 nitrogen and oxygen atoms in total. The Morgan fingerprint density at radius 1 is 1.00 bits per heavy atom. The zero-order valence-electron chi connectivity index (χ0n) is 16.6. The fourth-order valence-corrected chi connectivity index (χ4v) is 3.31. The summed E-state index contributed by atoms with van der Waals surface area (Å²) in [5.74, 6) is 0.854. The van der Waals surface area contributed by atoms with Crippen molar-refractivity contribution in [2.24, 2.45) is 0 Å². The first-order chi connectivity index (χ1) is 14.7. The van der Waals surface area contributed by atoms with Crippen molar-refractivity contribution in [1.82, 2.24) is 5.32 Å². The Morgan fingerprint density at radius 2 is 1.70 bits per heavy atom. The molecule has 0 spiro atoms. The number of nitrogens with one attached hydrogen (secondary N) is 1. The number of carbonyl (C=O) groups is 2. The highest BCUT2D eigenvalue weighted by atomic mass is 16.5. The van der Waals surface area contributed by atoms with Gasteiger partial charge in [-0.05, 0) is 42.0 Å². The molecule has 0 saturated carbocycles. The van der Waals surface area contributed by atoms with Crippen LogP contribution < -0.4 is 19.7 Å². The molecule has 30 heavy (non-hydrogen) atoms. The number of likely N-dealkylation sites (N-methyl/N-ethyl adjacent to an activating group) is 1. The quantitative estimate of drug-likeness (QED) is 0.710. The zero-order chi connectivity index (χ0) is 20.9. The largest absolute Gasteiger partial charge is 0.489 e. The molecule has 1 N–H and O–H groups in total. The van der Waals surface area contributed by atoms with E-state index >= 15 is 0 Å². The zero-order valence-corrected chi connectivity index (χ0v) is 16.6. The van der Waals surface area contributed by atoms with Gasteiger partial charge in [0, 0.05) is 12.6 Å². The van der Waals surface area contributed by atoms with Crippen molar-refractivity contribution in [3.8, 4) is 11.5 Å². The Bertz CT molecular complexity index is 1030. The van der Waals surface area contributed by atoms with Gasteiger partial charge in [-0.25, -0.2) is 0 Å². The summed E-state index contributed by atoms with van der Waals surface area (Å²) in [7, 11) is 1.55. The van der Waals surface area contributed by atoms with Crippen molar-refractivity contribution >= 4 is 17.5 Å². The Morgan fingerprint density at radius 3 is 2.43 bits per heavy atom. The van der Waals surface area contributed by atoms with Gasteiger partial charge in [-0.1, -0.05) is 42.5 Å². The lowest BCUT2D eigenvalue weighted by Crippen LogP contribution is -2.50. The van der Waals surface area contributed by atoms with Gasteiger partial charge in [0.05, 0.1) is 12.2 Å². The molecular formula is C24H22N2O4. The van der Waals surface area contributed by atoms with Crippen LogP contribution in [0.4, 0.5) is 5.69 Å². The third-order valence-electron chi connectivity index (χ3n) is 4.91. The molecule has 6 heteroatoms. The molecule has 1 aliphatic rings. The highest BCUT2D eigenvalue weighted by molar-refractivity contribution is 6.07. The molecule has 1 atom stereocenters. The maximum Gasteiger partial charge on any atom is 0.262 e. The minimum Gasteiger partial charge on any atom is -0.489 e. The second-order valence-corrected chi connectivity index (χ2v) is 6.90. The number of fused-ring (bicyclic) bond motifs is 1. The normalized spacial score (nSPS) is 15.0. The minimum atomic E-state index is -0.757. The molecule has 3 aromatic carbocycles. The SMILES string of the molecule is CNC(=O)[C@@H]1CN(C(=O)c2ccc(COc3ccccc3)cc2)c2ccccc2O1. The Hall–Kier alpha value is -3.80. The van der Waals surface area contributed by atoms with Crippen molar-refractivity contribution in [2.75, 3.05) is 18.5 Å². The fraction of sp³-hybridized carbons (Fsp3) is 0.167. The predicted octanol–water partition coefficient (Wildman–Crippen LogP) is 3.42. The van der Waals surface area contributed by atoms with E-state index < -0.39 is 6.10 Å². The molecule has 0 fully saturated rings. The molecule has 0 saturated heterocycles. The van der Waals surface area contributed by atoms with Crippen LogP contribution in [0.5, 0.6) is 11.5 Å². The van der Waals surface area contributed by atoms with Gasteiger partial charge in [0.1, 0.15) is 18.1 Å². The topological polar surface area (TPSA) is 67.9 Å². The van der Waals surface area contributed by atoms with Gasteiger partial charge in [-0.2, -0.15) is 0 Å². The van der Waals surface area contributed by atoms with Gasteiger partial charge >= 0.3 is 0 Å². The highest BCUT2D eigenvalue weighted by Gasteiger charge is 2.33. The molecule has 2 amide bonds. The summed E-state index contributed by atoms with van der Waals surface area (Å²) in [6.07, 6.45) is -0.757. The molecule has 0 aliphatic carbocycles. The van der Waals surface area contributed by atoms with E-state index in [2.05, 4.69) is 5.32 Å². The summed E-state index contributed by atoms with van der Waals surface area (Å²) in [6, 6.07) is 24.1. The summed E-state index contributed by atoms with van der Waals surface area (Å²) in [4.78, 5) is 26.9. The molecule has 4 rings (SSSR count). The van der Waals surface area contributed by atoms with E-state index in [9.17, 15) is 9.59 Å².